The van der Waals surface area contributed by atoms with Gasteiger partial charge in [-0.25, -0.2) is 4.79 Å². The number of hydrogen-bond donors (Lipinski definition) is 1. The van der Waals surface area contributed by atoms with Gasteiger partial charge in [0.25, 0.3) is 0 Å². The molecule has 0 saturated heterocycles. The number of hydrogen-bond acceptors (Lipinski definition) is 3. The van der Waals surface area contributed by atoms with Gasteiger partial charge in [-0.15, -0.1) is 0 Å². The third kappa shape index (κ3) is 4.02. The Bertz CT molecular complexity index is 381. The Balaban J connectivity index is 2.67. The molecule has 1 unspecified atom stereocenters. The van der Waals surface area contributed by atoms with Crippen LogP contribution in [0, 0.1) is 0 Å². The molecule has 0 aliphatic rings. The highest BCUT2D eigenvalue weighted by molar-refractivity contribution is 6.31. The van der Waals surface area contributed by atoms with Crippen LogP contribution in [0.25, 0.3) is 0 Å². The van der Waals surface area contributed by atoms with Crippen LogP contribution < -0.4 is 5.73 Å². The van der Waals surface area contributed by atoms with Crippen LogP contribution in [-0.2, 0) is 9.53 Å². The molecule has 0 bridgehead atoms. The van der Waals surface area contributed by atoms with Crippen molar-refractivity contribution < 1.29 is 9.53 Å². The lowest BCUT2D eigenvalue weighted by Crippen LogP contribution is -2.27. The van der Waals surface area contributed by atoms with E-state index in [0.29, 0.717) is 10.6 Å². The van der Waals surface area contributed by atoms with E-state index in [4.69, 9.17) is 22.1 Å². The minimum atomic E-state index is -0.817. The van der Waals surface area contributed by atoms with Gasteiger partial charge >= 0.3 is 5.97 Å². The summed E-state index contributed by atoms with van der Waals surface area (Å²) in [5.41, 5.74) is 6.42. The summed E-state index contributed by atoms with van der Waals surface area (Å²) in [6, 6.07) is 6.22. The van der Waals surface area contributed by atoms with Gasteiger partial charge in [-0.1, -0.05) is 43.1 Å². The van der Waals surface area contributed by atoms with Gasteiger partial charge in [0.15, 0.2) is 0 Å². The first-order valence-electron chi connectivity index (χ1n) is 5.76. The first kappa shape index (κ1) is 14.0. The molecule has 0 aliphatic heterocycles. The fourth-order valence-corrected chi connectivity index (χ4v) is 1.84. The molecule has 0 radical (unpaired) electrons. The van der Waals surface area contributed by atoms with Crippen molar-refractivity contribution in [1.82, 2.24) is 0 Å². The predicted molar refractivity (Wildman–Crippen MR) is 68.8 cm³/mol. The minimum Gasteiger partial charge on any atom is -0.461 e. The number of ether oxygens (including phenoxy) is 1. The molecule has 0 aromatic heterocycles. The van der Waals surface area contributed by atoms with Crippen molar-refractivity contribution >= 4 is 17.6 Å². The summed E-state index contributed by atoms with van der Waals surface area (Å²) < 4.78 is 5.24. The van der Waals surface area contributed by atoms with E-state index in [9.17, 15) is 4.79 Å². The molecule has 2 N–H and O–H groups in total. The Hall–Kier alpha value is -1.06. The predicted octanol–water partition coefficient (Wildman–Crippen LogP) is 3.07. The molecule has 0 saturated carbocycles. The molecule has 0 heterocycles. The third-order valence-corrected chi connectivity index (χ3v) is 2.85. The number of nitrogens with two attached hydrogens (primary N) is 1. The number of halogens is 1. The van der Waals surface area contributed by atoms with Crippen LogP contribution in [0.15, 0.2) is 24.3 Å². The van der Waals surface area contributed by atoms with E-state index in [2.05, 4.69) is 0 Å². The molecule has 0 fully saturated rings. The quantitative estimate of drug-likeness (QED) is 0.823. The molecule has 1 rings (SSSR count). The van der Waals surface area contributed by atoms with Crippen molar-refractivity contribution in [1.29, 1.82) is 0 Å². The van der Waals surface area contributed by atoms with Crippen molar-refractivity contribution in [3.63, 3.8) is 0 Å². The summed E-state index contributed by atoms with van der Waals surface area (Å²) in [5.74, 6) is -0.431. The summed E-state index contributed by atoms with van der Waals surface area (Å²) >= 11 is 5.97. The van der Waals surface area contributed by atoms with Gasteiger partial charge in [0.1, 0.15) is 6.04 Å². The van der Waals surface area contributed by atoms with Gasteiger partial charge in [-0.3, -0.25) is 0 Å². The second-order valence-corrected chi connectivity index (χ2v) is 4.44. The highest BCUT2D eigenvalue weighted by Gasteiger charge is 2.21. The van der Waals surface area contributed by atoms with Crippen molar-refractivity contribution in [2.75, 3.05) is 0 Å². The molecular formula is C13H18ClNO2. The lowest BCUT2D eigenvalue weighted by molar-refractivity contribution is -0.150. The van der Waals surface area contributed by atoms with E-state index in [1.165, 1.54) is 0 Å². The molecule has 1 aromatic carbocycles. The second kappa shape index (κ2) is 6.62. The maximum Gasteiger partial charge on any atom is 0.327 e. The normalized spacial score (nSPS) is 14.1. The number of rotatable bonds is 5. The molecule has 17 heavy (non-hydrogen) atoms. The zero-order chi connectivity index (χ0) is 12.8. The van der Waals surface area contributed by atoms with Gasteiger partial charge in [0.2, 0.25) is 0 Å². The van der Waals surface area contributed by atoms with Crippen molar-refractivity contribution in [2.24, 2.45) is 5.73 Å². The topological polar surface area (TPSA) is 52.3 Å². The number of esters is 1. The van der Waals surface area contributed by atoms with E-state index >= 15 is 0 Å². The molecule has 3 nitrogen and oxygen atoms in total. The van der Waals surface area contributed by atoms with E-state index < -0.39 is 12.0 Å². The average molecular weight is 256 g/mol. The van der Waals surface area contributed by atoms with Crippen LogP contribution in [0.1, 0.15) is 38.3 Å². The molecule has 1 aromatic rings. The highest BCUT2D eigenvalue weighted by Crippen LogP contribution is 2.22. The van der Waals surface area contributed by atoms with Crippen molar-refractivity contribution in [3.05, 3.63) is 34.9 Å². The van der Waals surface area contributed by atoms with Gasteiger partial charge < -0.3 is 10.5 Å². The maximum absolute atomic E-state index is 11.8. The van der Waals surface area contributed by atoms with Crippen LogP contribution in [0.3, 0.4) is 0 Å². The Labute approximate surface area is 107 Å². The first-order valence-corrected chi connectivity index (χ1v) is 6.14. The zero-order valence-electron chi connectivity index (χ0n) is 10.2. The lowest BCUT2D eigenvalue weighted by atomic mass is 10.1. The molecule has 4 heteroatoms. The van der Waals surface area contributed by atoms with E-state index in [0.717, 1.165) is 12.8 Å². The second-order valence-electron chi connectivity index (χ2n) is 4.04. The van der Waals surface area contributed by atoms with E-state index in [-0.39, 0.29) is 6.10 Å². The summed E-state index contributed by atoms with van der Waals surface area (Å²) in [4.78, 5) is 11.8. The SMILES string of the molecule is CCCC(C)OC(=O)[C@H](N)c1ccccc1Cl. The van der Waals surface area contributed by atoms with E-state index in [1.54, 1.807) is 24.3 Å². The summed E-state index contributed by atoms with van der Waals surface area (Å²) in [6.45, 7) is 3.90. The average Bonchev–Trinajstić information content (AvgIpc) is 2.29. The van der Waals surface area contributed by atoms with Gasteiger partial charge in [-0.05, 0) is 25.0 Å². The molecule has 0 amide bonds. The van der Waals surface area contributed by atoms with E-state index in [1.807, 2.05) is 13.8 Å². The summed E-state index contributed by atoms with van der Waals surface area (Å²) in [6.07, 6.45) is 1.69. The molecule has 2 atom stereocenters. The molecule has 0 aliphatic carbocycles. The van der Waals surface area contributed by atoms with Crippen LogP contribution >= 0.6 is 11.6 Å². The Morgan fingerprint density at radius 1 is 1.47 bits per heavy atom. The number of carbonyl (C=O) groups excluding carboxylic acids is 1. The van der Waals surface area contributed by atoms with Gasteiger partial charge in [0.05, 0.1) is 6.10 Å². The van der Waals surface area contributed by atoms with Crippen molar-refractivity contribution in [3.8, 4) is 0 Å². The number of benzene rings is 1. The smallest absolute Gasteiger partial charge is 0.327 e. The highest BCUT2D eigenvalue weighted by atomic mass is 35.5. The molecule has 94 valence electrons. The summed E-state index contributed by atoms with van der Waals surface area (Å²) in [7, 11) is 0. The third-order valence-electron chi connectivity index (χ3n) is 2.51. The minimum absolute atomic E-state index is 0.110. The summed E-state index contributed by atoms with van der Waals surface area (Å²) in [5, 5.41) is 0.486. The Morgan fingerprint density at radius 2 is 2.12 bits per heavy atom. The Morgan fingerprint density at radius 3 is 2.71 bits per heavy atom. The first-order chi connectivity index (χ1) is 8.06. The Kier molecular flexibility index (Phi) is 5.45. The maximum atomic E-state index is 11.8. The molecular weight excluding hydrogens is 238 g/mol. The van der Waals surface area contributed by atoms with Gasteiger partial charge in [-0.2, -0.15) is 0 Å². The lowest BCUT2D eigenvalue weighted by Gasteiger charge is -2.17. The van der Waals surface area contributed by atoms with Crippen LogP contribution in [0.5, 0.6) is 0 Å². The van der Waals surface area contributed by atoms with Gasteiger partial charge in [0, 0.05) is 5.02 Å². The standard InChI is InChI=1S/C13H18ClNO2/c1-3-6-9(2)17-13(16)12(15)10-7-4-5-8-11(10)14/h4-5,7-9,12H,3,6,15H2,1-2H3/t9?,12-/m1/s1. The monoisotopic (exact) mass is 255 g/mol. The zero-order valence-corrected chi connectivity index (χ0v) is 10.9. The van der Waals surface area contributed by atoms with Crippen LogP contribution in [0.4, 0.5) is 0 Å². The molecule has 0 spiro atoms. The number of carbonyl (C=O) groups is 1. The van der Waals surface area contributed by atoms with Crippen LogP contribution in [0.2, 0.25) is 5.02 Å². The fourth-order valence-electron chi connectivity index (χ4n) is 1.59. The van der Waals surface area contributed by atoms with Crippen molar-refractivity contribution in [2.45, 2.75) is 38.8 Å². The fraction of sp³-hybridized carbons (Fsp3) is 0.462. The largest absolute Gasteiger partial charge is 0.461 e. The van der Waals surface area contributed by atoms with Crippen LogP contribution in [-0.4, -0.2) is 12.1 Å².